The molecule has 0 aliphatic rings. The van der Waals surface area contributed by atoms with Gasteiger partial charge in [-0.05, 0) is 57.7 Å². The zero-order chi connectivity index (χ0) is 13.6. The Hall–Kier alpha value is -1.02. The highest BCUT2D eigenvalue weighted by Gasteiger charge is 2.18. The van der Waals surface area contributed by atoms with Gasteiger partial charge in [-0.1, -0.05) is 25.5 Å². The van der Waals surface area contributed by atoms with Crippen LogP contribution in [0, 0.1) is 0 Å². The smallest absolute Gasteiger partial charge is 0.119 e. The van der Waals surface area contributed by atoms with Crippen LogP contribution in [-0.4, -0.2) is 16.8 Å². The fourth-order valence-electron chi connectivity index (χ4n) is 2.08. The summed E-state index contributed by atoms with van der Waals surface area (Å²) in [5.74, 6) is 0.911. The van der Waals surface area contributed by atoms with E-state index in [1.807, 2.05) is 32.9 Å². The molecule has 0 fully saturated rings. The van der Waals surface area contributed by atoms with Gasteiger partial charge in [-0.15, -0.1) is 0 Å². The Morgan fingerprint density at radius 3 is 2.28 bits per heavy atom. The van der Waals surface area contributed by atoms with E-state index in [9.17, 15) is 5.11 Å². The lowest BCUT2D eigenvalue weighted by Gasteiger charge is -2.22. The third-order valence-electron chi connectivity index (χ3n) is 3.04. The largest absolute Gasteiger partial charge is 0.491 e. The van der Waals surface area contributed by atoms with E-state index in [0.717, 1.165) is 31.4 Å². The average Bonchev–Trinajstić information content (AvgIpc) is 2.27. The van der Waals surface area contributed by atoms with Crippen molar-refractivity contribution in [1.29, 1.82) is 0 Å². The van der Waals surface area contributed by atoms with Gasteiger partial charge in [0.2, 0.25) is 0 Å². The van der Waals surface area contributed by atoms with Crippen molar-refractivity contribution in [3.63, 3.8) is 0 Å². The van der Waals surface area contributed by atoms with Crippen LogP contribution in [0.25, 0.3) is 0 Å². The quantitative estimate of drug-likeness (QED) is 0.793. The summed E-state index contributed by atoms with van der Waals surface area (Å²) < 4.78 is 5.60. The number of hydrogen-bond donors (Lipinski definition) is 1. The standard InChI is InChI=1S/C16H26O2/c1-5-11-16(4,17)12-10-14-6-8-15(9-7-14)18-13(2)3/h6-9,13,17H,5,10-12H2,1-4H3. The van der Waals surface area contributed by atoms with E-state index >= 15 is 0 Å². The zero-order valence-corrected chi connectivity index (χ0v) is 12.1. The number of hydrogen-bond acceptors (Lipinski definition) is 2. The topological polar surface area (TPSA) is 29.5 Å². The van der Waals surface area contributed by atoms with E-state index in [4.69, 9.17) is 4.74 Å². The molecule has 0 radical (unpaired) electrons. The first-order valence-corrected chi connectivity index (χ1v) is 6.91. The second kappa shape index (κ2) is 6.79. The van der Waals surface area contributed by atoms with Crippen LogP contribution in [0.4, 0.5) is 0 Å². The van der Waals surface area contributed by atoms with Crippen molar-refractivity contribution in [2.75, 3.05) is 0 Å². The SMILES string of the molecule is CCCC(C)(O)CCc1ccc(OC(C)C)cc1. The van der Waals surface area contributed by atoms with Gasteiger partial charge in [0.05, 0.1) is 11.7 Å². The maximum atomic E-state index is 10.1. The fraction of sp³-hybridized carbons (Fsp3) is 0.625. The maximum Gasteiger partial charge on any atom is 0.119 e. The second-order valence-corrected chi connectivity index (χ2v) is 5.56. The minimum absolute atomic E-state index is 0.209. The van der Waals surface area contributed by atoms with Crippen LogP contribution in [0.2, 0.25) is 0 Å². The first-order valence-electron chi connectivity index (χ1n) is 6.91. The second-order valence-electron chi connectivity index (χ2n) is 5.56. The van der Waals surface area contributed by atoms with Crippen molar-refractivity contribution in [2.45, 2.75) is 65.1 Å². The van der Waals surface area contributed by atoms with E-state index in [1.54, 1.807) is 0 Å². The Morgan fingerprint density at radius 2 is 1.78 bits per heavy atom. The third-order valence-corrected chi connectivity index (χ3v) is 3.04. The van der Waals surface area contributed by atoms with Gasteiger partial charge in [0.25, 0.3) is 0 Å². The molecule has 0 spiro atoms. The van der Waals surface area contributed by atoms with Crippen molar-refractivity contribution in [1.82, 2.24) is 0 Å². The van der Waals surface area contributed by atoms with E-state index in [0.29, 0.717) is 0 Å². The van der Waals surface area contributed by atoms with Crippen LogP contribution in [0.5, 0.6) is 5.75 Å². The predicted molar refractivity (Wildman–Crippen MR) is 76.1 cm³/mol. The number of ether oxygens (including phenoxy) is 1. The van der Waals surface area contributed by atoms with Crippen molar-refractivity contribution < 1.29 is 9.84 Å². The van der Waals surface area contributed by atoms with Gasteiger partial charge in [-0.25, -0.2) is 0 Å². The van der Waals surface area contributed by atoms with Gasteiger partial charge in [-0.2, -0.15) is 0 Å². The zero-order valence-electron chi connectivity index (χ0n) is 12.1. The van der Waals surface area contributed by atoms with Crippen LogP contribution in [0.15, 0.2) is 24.3 Å². The summed E-state index contributed by atoms with van der Waals surface area (Å²) in [6.45, 7) is 8.07. The van der Waals surface area contributed by atoms with E-state index in [-0.39, 0.29) is 6.10 Å². The fourth-order valence-corrected chi connectivity index (χ4v) is 2.08. The Balaban J connectivity index is 2.48. The highest BCUT2D eigenvalue weighted by molar-refractivity contribution is 5.27. The monoisotopic (exact) mass is 250 g/mol. The molecule has 1 aromatic rings. The molecule has 18 heavy (non-hydrogen) atoms. The van der Waals surface area contributed by atoms with E-state index < -0.39 is 5.60 Å². The summed E-state index contributed by atoms with van der Waals surface area (Å²) in [5, 5.41) is 10.1. The molecule has 0 saturated carbocycles. The molecule has 2 heteroatoms. The molecule has 1 N–H and O–H groups in total. The highest BCUT2D eigenvalue weighted by Crippen LogP contribution is 2.21. The van der Waals surface area contributed by atoms with Crippen LogP contribution in [0.3, 0.4) is 0 Å². The molecule has 0 amide bonds. The molecule has 1 rings (SSSR count). The summed E-state index contributed by atoms with van der Waals surface area (Å²) in [6.07, 6.45) is 3.82. The highest BCUT2D eigenvalue weighted by atomic mass is 16.5. The van der Waals surface area contributed by atoms with Gasteiger partial charge < -0.3 is 9.84 Å². The number of rotatable bonds is 7. The Labute approximate surface area is 111 Å². The molecule has 0 bridgehead atoms. The van der Waals surface area contributed by atoms with E-state index in [1.165, 1.54) is 5.56 Å². The Kier molecular flexibility index (Phi) is 5.67. The summed E-state index contributed by atoms with van der Waals surface area (Å²) in [5.41, 5.74) is 0.712. The molecule has 0 aromatic heterocycles. The van der Waals surface area contributed by atoms with Crippen LogP contribution >= 0.6 is 0 Å². The van der Waals surface area contributed by atoms with Crippen molar-refractivity contribution in [3.05, 3.63) is 29.8 Å². The third kappa shape index (κ3) is 5.54. The molecular formula is C16H26O2. The van der Waals surface area contributed by atoms with Gasteiger partial charge >= 0.3 is 0 Å². The summed E-state index contributed by atoms with van der Waals surface area (Å²) in [7, 11) is 0. The van der Waals surface area contributed by atoms with Crippen molar-refractivity contribution in [3.8, 4) is 5.75 Å². The average molecular weight is 250 g/mol. The molecule has 0 aliphatic heterocycles. The van der Waals surface area contributed by atoms with Gasteiger partial charge in [-0.3, -0.25) is 0 Å². The molecule has 1 atom stereocenters. The lowest BCUT2D eigenvalue weighted by atomic mass is 9.92. The lowest BCUT2D eigenvalue weighted by Crippen LogP contribution is -2.24. The minimum atomic E-state index is -0.540. The van der Waals surface area contributed by atoms with Crippen LogP contribution < -0.4 is 4.74 Å². The number of aliphatic hydroxyl groups is 1. The molecule has 0 heterocycles. The molecule has 1 unspecified atom stereocenters. The van der Waals surface area contributed by atoms with Gasteiger partial charge in [0.15, 0.2) is 0 Å². The lowest BCUT2D eigenvalue weighted by molar-refractivity contribution is 0.0416. The van der Waals surface area contributed by atoms with Gasteiger partial charge in [0, 0.05) is 0 Å². The Bertz CT molecular complexity index is 339. The Morgan fingerprint density at radius 1 is 1.17 bits per heavy atom. The van der Waals surface area contributed by atoms with Crippen LogP contribution in [-0.2, 0) is 6.42 Å². The molecule has 2 nitrogen and oxygen atoms in total. The normalized spacial score (nSPS) is 14.6. The van der Waals surface area contributed by atoms with Gasteiger partial charge in [0.1, 0.15) is 5.75 Å². The summed E-state index contributed by atoms with van der Waals surface area (Å²) in [4.78, 5) is 0. The van der Waals surface area contributed by atoms with E-state index in [2.05, 4.69) is 19.1 Å². The predicted octanol–water partition coefficient (Wildman–Crippen LogP) is 3.96. The minimum Gasteiger partial charge on any atom is -0.491 e. The first-order chi connectivity index (χ1) is 8.43. The molecule has 0 saturated heterocycles. The molecular weight excluding hydrogens is 224 g/mol. The maximum absolute atomic E-state index is 10.1. The summed E-state index contributed by atoms with van der Waals surface area (Å²) in [6, 6.07) is 8.17. The van der Waals surface area contributed by atoms with Crippen molar-refractivity contribution >= 4 is 0 Å². The molecule has 0 aliphatic carbocycles. The van der Waals surface area contributed by atoms with Crippen LogP contribution in [0.1, 0.15) is 52.5 Å². The molecule has 102 valence electrons. The summed E-state index contributed by atoms with van der Waals surface area (Å²) >= 11 is 0. The molecule has 1 aromatic carbocycles. The number of aryl methyl sites for hydroxylation is 1. The number of benzene rings is 1. The first kappa shape index (κ1) is 15.0. The van der Waals surface area contributed by atoms with Crippen molar-refractivity contribution in [2.24, 2.45) is 0 Å².